The summed E-state index contributed by atoms with van der Waals surface area (Å²) in [6.07, 6.45) is 5.53. The van der Waals surface area contributed by atoms with Crippen molar-refractivity contribution in [1.29, 1.82) is 0 Å². The molecular weight excluding hydrogens is 350 g/mol. The first-order valence-electron chi connectivity index (χ1n) is 10.8. The monoisotopic (exact) mass is 387 g/mol. The van der Waals surface area contributed by atoms with Crippen molar-refractivity contribution in [2.75, 3.05) is 60.5 Å². The fourth-order valence-corrected chi connectivity index (χ4v) is 4.52. The average molecular weight is 388 g/mol. The molecule has 2 heterocycles. The molecule has 1 aromatic carbocycles. The molecular formula is C23H37N3O2. The zero-order valence-electron chi connectivity index (χ0n) is 17.9. The Labute approximate surface area is 170 Å². The van der Waals surface area contributed by atoms with E-state index in [4.69, 9.17) is 4.74 Å². The van der Waals surface area contributed by atoms with Gasteiger partial charge in [0.05, 0.1) is 7.11 Å². The van der Waals surface area contributed by atoms with Crippen LogP contribution >= 0.6 is 0 Å². The summed E-state index contributed by atoms with van der Waals surface area (Å²) in [7, 11) is 5.86. The zero-order chi connectivity index (χ0) is 19.9. The second kappa shape index (κ2) is 10.3. The Bertz CT molecular complexity index is 603. The molecule has 0 N–H and O–H groups in total. The predicted octanol–water partition coefficient (Wildman–Crippen LogP) is 2.75. The van der Waals surface area contributed by atoms with Gasteiger partial charge < -0.3 is 19.4 Å². The minimum Gasteiger partial charge on any atom is -0.497 e. The standard InChI is InChI=1S/C23H37N3O2/c1-24-13-11-21(12-14-24)23(27)25(2)18-20-9-16-26(17-10-20)15-8-19-4-6-22(28-3)7-5-19/h4-7,20-21H,8-18H2,1-3H3. The Morgan fingerprint density at radius 1 is 1.07 bits per heavy atom. The molecule has 0 aliphatic carbocycles. The van der Waals surface area contributed by atoms with Crippen molar-refractivity contribution in [3.8, 4) is 5.75 Å². The van der Waals surface area contributed by atoms with Gasteiger partial charge in [-0.05, 0) is 88.9 Å². The number of benzene rings is 1. The molecule has 0 atom stereocenters. The summed E-state index contributed by atoms with van der Waals surface area (Å²) in [6, 6.07) is 8.40. The summed E-state index contributed by atoms with van der Waals surface area (Å²) in [5.41, 5.74) is 1.37. The van der Waals surface area contributed by atoms with E-state index in [1.165, 1.54) is 18.4 Å². The second-order valence-electron chi connectivity index (χ2n) is 8.68. The molecule has 156 valence electrons. The molecule has 1 aromatic rings. The lowest BCUT2D eigenvalue weighted by Crippen LogP contribution is -2.43. The number of likely N-dealkylation sites (tertiary alicyclic amines) is 2. The van der Waals surface area contributed by atoms with Crippen LogP contribution in [0.25, 0.3) is 0 Å². The lowest BCUT2D eigenvalue weighted by molar-refractivity contribution is -0.136. The second-order valence-corrected chi connectivity index (χ2v) is 8.68. The molecule has 5 nitrogen and oxygen atoms in total. The molecule has 2 aliphatic heterocycles. The molecule has 5 heteroatoms. The number of carbonyl (C=O) groups is 1. The third kappa shape index (κ3) is 5.95. The van der Waals surface area contributed by atoms with Crippen LogP contribution in [0.15, 0.2) is 24.3 Å². The molecule has 0 bridgehead atoms. The molecule has 2 aliphatic rings. The predicted molar refractivity (Wildman–Crippen MR) is 114 cm³/mol. The highest BCUT2D eigenvalue weighted by Gasteiger charge is 2.28. The minimum atomic E-state index is 0.241. The molecule has 1 amide bonds. The molecule has 0 unspecified atom stereocenters. The van der Waals surface area contributed by atoms with Crippen LogP contribution in [0.1, 0.15) is 31.2 Å². The highest BCUT2D eigenvalue weighted by molar-refractivity contribution is 5.78. The van der Waals surface area contributed by atoms with E-state index in [0.717, 1.165) is 64.3 Å². The number of rotatable bonds is 7. The quantitative estimate of drug-likeness (QED) is 0.721. The van der Waals surface area contributed by atoms with E-state index < -0.39 is 0 Å². The van der Waals surface area contributed by atoms with Gasteiger partial charge in [-0.15, -0.1) is 0 Å². The van der Waals surface area contributed by atoms with Crippen molar-refractivity contribution < 1.29 is 9.53 Å². The fourth-order valence-electron chi connectivity index (χ4n) is 4.52. The summed E-state index contributed by atoms with van der Waals surface area (Å²) < 4.78 is 5.23. The van der Waals surface area contributed by atoms with Crippen molar-refractivity contribution in [1.82, 2.24) is 14.7 Å². The number of piperidine rings is 2. The van der Waals surface area contributed by atoms with Gasteiger partial charge in [0.25, 0.3) is 0 Å². The molecule has 0 spiro atoms. The molecule has 0 aromatic heterocycles. The van der Waals surface area contributed by atoms with Gasteiger partial charge in [-0.2, -0.15) is 0 Å². The number of carbonyl (C=O) groups excluding carboxylic acids is 1. The van der Waals surface area contributed by atoms with Gasteiger partial charge >= 0.3 is 0 Å². The Morgan fingerprint density at radius 3 is 2.32 bits per heavy atom. The number of ether oxygens (including phenoxy) is 1. The Kier molecular flexibility index (Phi) is 7.74. The minimum absolute atomic E-state index is 0.241. The van der Waals surface area contributed by atoms with Crippen LogP contribution in [0.2, 0.25) is 0 Å². The van der Waals surface area contributed by atoms with E-state index in [1.807, 2.05) is 24.1 Å². The van der Waals surface area contributed by atoms with Crippen LogP contribution in [0, 0.1) is 11.8 Å². The van der Waals surface area contributed by atoms with Crippen molar-refractivity contribution in [2.45, 2.75) is 32.1 Å². The van der Waals surface area contributed by atoms with Crippen molar-refractivity contribution in [3.05, 3.63) is 29.8 Å². The number of hydrogen-bond acceptors (Lipinski definition) is 4. The summed E-state index contributed by atoms with van der Waals surface area (Å²) in [4.78, 5) is 19.7. The average Bonchev–Trinajstić information content (AvgIpc) is 2.73. The van der Waals surface area contributed by atoms with Crippen LogP contribution in [0.5, 0.6) is 5.75 Å². The molecule has 0 saturated carbocycles. The van der Waals surface area contributed by atoms with Crippen molar-refractivity contribution in [3.63, 3.8) is 0 Å². The fraction of sp³-hybridized carbons (Fsp3) is 0.696. The third-order valence-corrected chi connectivity index (χ3v) is 6.56. The Hall–Kier alpha value is -1.59. The lowest BCUT2D eigenvalue weighted by atomic mass is 9.93. The first-order chi connectivity index (χ1) is 13.5. The SMILES string of the molecule is COc1ccc(CCN2CCC(CN(C)C(=O)C3CCN(C)CC3)CC2)cc1. The third-order valence-electron chi connectivity index (χ3n) is 6.56. The smallest absolute Gasteiger partial charge is 0.225 e. The molecule has 2 fully saturated rings. The van der Waals surface area contributed by atoms with Crippen LogP contribution < -0.4 is 4.74 Å². The van der Waals surface area contributed by atoms with E-state index in [-0.39, 0.29) is 5.92 Å². The van der Waals surface area contributed by atoms with Gasteiger partial charge in [0.15, 0.2) is 0 Å². The number of hydrogen-bond donors (Lipinski definition) is 0. The van der Waals surface area contributed by atoms with Gasteiger partial charge in [-0.3, -0.25) is 4.79 Å². The van der Waals surface area contributed by atoms with Crippen LogP contribution in [-0.2, 0) is 11.2 Å². The zero-order valence-corrected chi connectivity index (χ0v) is 17.9. The largest absolute Gasteiger partial charge is 0.497 e. The lowest BCUT2D eigenvalue weighted by Gasteiger charge is -2.36. The normalized spacial score (nSPS) is 20.2. The molecule has 2 saturated heterocycles. The molecule has 0 radical (unpaired) electrons. The highest BCUT2D eigenvalue weighted by atomic mass is 16.5. The van der Waals surface area contributed by atoms with Crippen LogP contribution in [0.4, 0.5) is 0 Å². The summed E-state index contributed by atoms with van der Waals surface area (Å²) in [6.45, 7) is 6.45. The summed E-state index contributed by atoms with van der Waals surface area (Å²) in [5.74, 6) is 2.18. The highest BCUT2D eigenvalue weighted by Crippen LogP contribution is 2.22. The first kappa shape index (κ1) is 21.1. The number of methoxy groups -OCH3 is 1. The first-order valence-corrected chi connectivity index (χ1v) is 10.8. The molecule has 28 heavy (non-hydrogen) atoms. The Balaban J connectivity index is 1.35. The maximum atomic E-state index is 12.7. The summed E-state index contributed by atoms with van der Waals surface area (Å²) in [5, 5.41) is 0. The van der Waals surface area contributed by atoms with Crippen LogP contribution in [-0.4, -0.2) is 81.1 Å². The van der Waals surface area contributed by atoms with E-state index in [0.29, 0.717) is 11.8 Å². The van der Waals surface area contributed by atoms with E-state index in [2.05, 4.69) is 29.0 Å². The van der Waals surface area contributed by atoms with Crippen molar-refractivity contribution >= 4 is 5.91 Å². The topological polar surface area (TPSA) is 36.0 Å². The van der Waals surface area contributed by atoms with E-state index in [9.17, 15) is 4.79 Å². The maximum absolute atomic E-state index is 12.7. The van der Waals surface area contributed by atoms with Gasteiger partial charge in [-0.25, -0.2) is 0 Å². The van der Waals surface area contributed by atoms with Gasteiger partial charge in [0.2, 0.25) is 5.91 Å². The molecule has 3 rings (SSSR count). The van der Waals surface area contributed by atoms with Gasteiger partial charge in [0.1, 0.15) is 5.75 Å². The number of nitrogens with zero attached hydrogens (tertiary/aromatic N) is 3. The summed E-state index contributed by atoms with van der Waals surface area (Å²) >= 11 is 0. The van der Waals surface area contributed by atoms with E-state index >= 15 is 0 Å². The Morgan fingerprint density at radius 2 is 1.71 bits per heavy atom. The number of amides is 1. The van der Waals surface area contributed by atoms with Gasteiger partial charge in [-0.1, -0.05) is 12.1 Å². The van der Waals surface area contributed by atoms with Crippen LogP contribution in [0.3, 0.4) is 0 Å². The van der Waals surface area contributed by atoms with Crippen molar-refractivity contribution in [2.24, 2.45) is 11.8 Å². The van der Waals surface area contributed by atoms with E-state index in [1.54, 1.807) is 7.11 Å². The van der Waals surface area contributed by atoms with Gasteiger partial charge in [0, 0.05) is 26.1 Å². The maximum Gasteiger partial charge on any atom is 0.225 e.